The fourth-order valence-corrected chi connectivity index (χ4v) is 3.13. The Morgan fingerprint density at radius 3 is 2.38 bits per heavy atom. The Balaban J connectivity index is 2.13. The first kappa shape index (κ1) is 6.81. The minimum absolute atomic E-state index is 1.26. The molecular weight excluding hydrogens is 136 g/mol. The van der Waals surface area contributed by atoms with Crippen LogP contribution < -0.4 is 0 Å². The first-order chi connectivity index (χ1) is 3.93. The summed E-state index contributed by atoms with van der Waals surface area (Å²) in [5.74, 6) is 2.71. The molecule has 47 valence electrons. The topological polar surface area (TPSA) is 0 Å². The van der Waals surface area contributed by atoms with E-state index < -0.39 is 0 Å². The molecule has 0 unspecified atom stereocenters. The molecule has 0 aliphatic carbocycles. The van der Waals surface area contributed by atoms with E-state index in [1.54, 1.807) is 4.58 Å². The summed E-state index contributed by atoms with van der Waals surface area (Å²) in [4.78, 5) is 0. The Labute approximate surface area is 59.8 Å². The van der Waals surface area contributed by atoms with Crippen molar-refractivity contribution in [1.82, 2.24) is 0 Å². The van der Waals surface area contributed by atoms with E-state index in [4.69, 9.17) is 0 Å². The summed E-state index contributed by atoms with van der Waals surface area (Å²) >= 11 is 4.09. The van der Waals surface area contributed by atoms with Gasteiger partial charge in [0.2, 0.25) is 0 Å². The summed E-state index contributed by atoms with van der Waals surface area (Å²) in [7, 11) is 0. The van der Waals surface area contributed by atoms with E-state index >= 15 is 0 Å². The fourth-order valence-electron chi connectivity index (χ4n) is 0.677. The zero-order valence-corrected chi connectivity index (χ0v) is 6.78. The number of hydrogen-bond donors (Lipinski definition) is 0. The molecule has 0 nitrogen and oxygen atoms in total. The van der Waals surface area contributed by atoms with Gasteiger partial charge in [-0.1, -0.05) is 6.92 Å². The lowest BCUT2D eigenvalue weighted by Crippen LogP contribution is -1.97. The maximum absolute atomic E-state index is 2.24. The van der Waals surface area contributed by atoms with Gasteiger partial charge in [-0.05, 0) is 24.3 Å². The maximum Gasteiger partial charge on any atom is 0.0845 e. The van der Waals surface area contributed by atoms with Crippen molar-refractivity contribution in [3.05, 3.63) is 4.58 Å². The van der Waals surface area contributed by atoms with Crippen LogP contribution in [0.3, 0.4) is 0 Å². The highest BCUT2D eigenvalue weighted by Crippen LogP contribution is 2.39. The molecule has 0 N–H and O–H groups in total. The van der Waals surface area contributed by atoms with Gasteiger partial charge in [-0.3, -0.25) is 0 Å². The molecule has 8 heavy (non-hydrogen) atoms. The van der Waals surface area contributed by atoms with Crippen LogP contribution in [0, 0.1) is 4.58 Å². The summed E-state index contributed by atoms with van der Waals surface area (Å²) in [5.41, 5.74) is 0. The molecule has 2 heteroatoms. The molecule has 0 saturated carbocycles. The fraction of sp³-hybridized carbons (Fsp3) is 0.833. The number of rotatable bonds is 1. The third kappa shape index (κ3) is 1.90. The van der Waals surface area contributed by atoms with Crippen LogP contribution in [0.25, 0.3) is 0 Å². The molecule has 1 radical (unpaired) electrons. The van der Waals surface area contributed by atoms with Crippen molar-refractivity contribution in [2.75, 3.05) is 11.5 Å². The molecule has 0 atom stereocenters. The lowest BCUT2D eigenvalue weighted by Gasteiger charge is -2.17. The second-order valence-corrected chi connectivity index (χ2v) is 4.41. The van der Waals surface area contributed by atoms with Gasteiger partial charge in [-0.25, -0.2) is 0 Å². The second kappa shape index (κ2) is 3.67. The van der Waals surface area contributed by atoms with Crippen molar-refractivity contribution < 1.29 is 0 Å². The molecule has 0 aromatic heterocycles. The van der Waals surface area contributed by atoms with Crippen LogP contribution in [0.4, 0.5) is 0 Å². The quantitative estimate of drug-likeness (QED) is 0.559. The van der Waals surface area contributed by atoms with Crippen molar-refractivity contribution in [2.24, 2.45) is 0 Å². The first-order valence-corrected chi connectivity index (χ1v) is 5.02. The number of thioether (sulfide) groups is 2. The van der Waals surface area contributed by atoms with Crippen molar-refractivity contribution in [2.45, 2.75) is 19.8 Å². The van der Waals surface area contributed by atoms with E-state index in [2.05, 4.69) is 6.92 Å². The highest BCUT2D eigenvalue weighted by molar-refractivity contribution is 8.21. The Hall–Kier alpha value is 0.700. The van der Waals surface area contributed by atoms with Crippen LogP contribution in [0.15, 0.2) is 0 Å². The minimum atomic E-state index is 1.26. The van der Waals surface area contributed by atoms with Gasteiger partial charge in [0.1, 0.15) is 0 Å². The molecule has 0 amide bonds. The normalized spacial score (nSPS) is 23.6. The lowest BCUT2D eigenvalue weighted by molar-refractivity contribution is 1.09. The average molecular weight is 147 g/mol. The highest BCUT2D eigenvalue weighted by atomic mass is 32.2. The summed E-state index contributed by atoms with van der Waals surface area (Å²) in [6.07, 6.45) is 2.66. The van der Waals surface area contributed by atoms with E-state index in [0.29, 0.717) is 0 Å². The van der Waals surface area contributed by atoms with Crippen LogP contribution in [-0.4, -0.2) is 11.5 Å². The first-order valence-electron chi connectivity index (χ1n) is 3.05. The van der Waals surface area contributed by atoms with E-state index in [-0.39, 0.29) is 0 Å². The maximum atomic E-state index is 2.24. The van der Waals surface area contributed by atoms with E-state index in [1.165, 1.54) is 24.3 Å². The molecular formula is C6H11S2. The van der Waals surface area contributed by atoms with E-state index in [9.17, 15) is 0 Å². The molecule has 1 fully saturated rings. The molecule has 0 aromatic carbocycles. The Morgan fingerprint density at radius 2 is 2.00 bits per heavy atom. The molecule has 1 rings (SSSR count). The Bertz CT molecular complexity index is 57.5. The van der Waals surface area contributed by atoms with Gasteiger partial charge in [0.05, 0.1) is 4.58 Å². The van der Waals surface area contributed by atoms with Crippen LogP contribution >= 0.6 is 23.5 Å². The largest absolute Gasteiger partial charge is 0.142 e. The van der Waals surface area contributed by atoms with E-state index in [0.717, 1.165) is 0 Å². The van der Waals surface area contributed by atoms with Gasteiger partial charge in [0, 0.05) is 0 Å². The third-order valence-corrected chi connectivity index (χ3v) is 4.02. The predicted octanol–water partition coefficient (Wildman–Crippen LogP) is 2.76. The van der Waals surface area contributed by atoms with Crippen molar-refractivity contribution in [3.8, 4) is 0 Å². The standard InChI is InChI=1S/C6H11S2/c1-2-6-7-4-3-5-8-6/h2-5H2,1H3. The molecule has 1 heterocycles. The summed E-state index contributed by atoms with van der Waals surface area (Å²) in [5, 5.41) is 0. The third-order valence-electron chi connectivity index (χ3n) is 1.10. The monoisotopic (exact) mass is 147 g/mol. The number of hydrogen-bond acceptors (Lipinski definition) is 2. The van der Waals surface area contributed by atoms with Gasteiger partial charge < -0.3 is 0 Å². The summed E-state index contributed by atoms with van der Waals surface area (Å²) < 4.78 is 1.64. The van der Waals surface area contributed by atoms with Crippen LogP contribution in [-0.2, 0) is 0 Å². The molecule has 0 bridgehead atoms. The predicted molar refractivity (Wildman–Crippen MR) is 43.1 cm³/mol. The SMILES string of the molecule is CC[C]1SCCCS1. The van der Waals surface area contributed by atoms with Crippen LogP contribution in [0.5, 0.6) is 0 Å². The van der Waals surface area contributed by atoms with Gasteiger partial charge in [-0.2, -0.15) is 0 Å². The van der Waals surface area contributed by atoms with Gasteiger partial charge in [0.25, 0.3) is 0 Å². The summed E-state index contributed by atoms with van der Waals surface area (Å²) in [6.45, 7) is 2.24. The zero-order chi connectivity index (χ0) is 5.82. The zero-order valence-electron chi connectivity index (χ0n) is 5.14. The van der Waals surface area contributed by atoms with Crippen LogP contribution in [0.1, 0.15) is 19.8 Å². The van der Waals surface area contributed by atoms with Crippen molar-refractivity contribution in [1.29, 1.82) is 0 Å². The Morgan fingerprint density at radius 1 is 1.38 bits per heavy atom. The smallest absolute Gasteiger partial charge is 0.0845 e. The van der Waals surface area contributed by atoms with E-state index in [1.807, 2.05) is 23.5 Å². The van der Waals surface area contributed by atoms with Crippen LogP contribution in [0.2, 0.25) is 0 Å². The molecule has 1 aliphatic rings. The molecule has 1 saturated heterocycles. The average Bonchev–Trinajstić information content (AvgIpc) is 1.90. The second-order valence-electron chi connectivity index (χ2n) is 1.78. The molecule has 0 spiro atoms. The molecule has 1 aliphatic heterocycles. The van der Waals surface area contributed by atoms with Crippen molar-refractivity contribution in [3.63, 3.8) is 0 Å². The van der Waals surface area contributed by atoms with Gasteiger partial charge in [-0.15, -0.1) is 23.5 Å². The van der Waals surface area contributed by atoms with Gasteiger partial charge in [0.15, 0.2) is 0 Å². The van der Waals surface area contributed by atoms with Crippen molar-refractivity contribution >= 4 is 23.5 Å². The summed E-state index contributed by atoms with van der Waals surface area (Å²) in [6, 6.07) is 0. The lowest BCUT2D eigenvalue weighted by atomic mass is 10.5. The Kier molecular flexibility index (Phi) is 3.13. The molecule has 0 aromatic rings. The van der Waals surface area contributed by atoms with Gasteiger partial charge >= 0.3 is 0 Å². The highest BCUT2D eigenvalue weighted by Gasteiger charge is 2.11. The minimum Gasteiger partial charge on any atom is -0.142 e.